The highest BCUT2D eigenvalue weighted by Crippen LogP contribution is 2.14. The van der Waals surface area contributed by atoms with Gasteiger partial charge in [0.2, 0.25) is 0 Å². The van der Waals surface area contributed by atoms with Crippen molar-refractivity contribution in [2.45, 2.75) is 110 Å². The molecule has 2 atom stereocenters. The van der Waals surface area contributed by atoms with Crippen LogP contribution in [-0.4, -0.2) is 30.6 Å². The molecule has 1 N–H and O–H groups in total. The molecule has 2 aromatic rings. The fourth-order valence-corrected chi connectivity index (χ4v) is 4.48. The van der Waals surface area contributed by atoms with Crippen LogP contribution >= 0.6 is 0 Å². The van der Waals surface area contributed by atoms with Crippen molar-refractivity contribution in [1.29, 1.82) is 0 Å². The van der Waals surface area contributed by atoms with Gasteiger partial charge in [-0.3, -0.25) is 14.9 Å². The number of carbonyl (C=O) groups excluding carboxylic acids is 2. The summed E-state index contributed by atoms with van der Waals surface area (Å²) in [6.07, 6.45) is 13.4. The van der Waals surface area contributed by atoms with E-state index in [4.69, 9.17) is 9.47 Å². The highest BCUT2D eigenvalue weighted by atomic mass is 16.5. The van der Waals surface area contributed by atoms with Crippen LogP contribution in [0.1, 0.15) is 95.6 Å². The molecule has 5 nitrogen and oxygen atoms in total. The van der Waals surface area contributed by atoms with Crippen LogP contribution in [-0.2, 0) is 32.1 Å². The maximum Gasteiger partial charge on any atom is 0.323 e. The molecule has 5 heteroatoms. The number of rotatable bonds is 20. The van der Waals surface area contributed by atoms with E-state index in [2.05, 4.69) is 12.2 Å². The largest absolute Gasteiger partial charge is 0.465 e. The summed E-state index contributed by atoms with van der Waals surface area (Å²) < 4.78 is 11.0. The molecule has 204 valence electrons. The molecular weight excluding hydrogens is 462 g/mol. The number of unbranched alkanes of at least 4 members (excludes halogenated alkanes) is 9. The van der Waals surface area contributed by atoms with Gasteiger partial charge in [0.1, 0.15) is 18.7 Å². The Morgan fingerprint density at radius 2 is 1.16 bits per heavy atom. The summed E-state index contributed by atoms with van der Waals surface area (Å²) in [5, 5.41) is 3.30. The second kappa shape index (κ2) is 19.5. The van der Waals surface area contributed by atoms with Crippen molar-refractivity contribution < 1.29 is 19.1 Å². The van der Waals surface area contributed by atoms with Gasteiger partial charge >= 0.3 is 11.9 Å². The number of ether oxygens (including phenoxy) is 2. The van der Waals surface area contributed by atoms with Gasteiger partial charge < -0.3 is 9.47 Å². The van der Waals surface area contributed by atoms with E-state index in [0.717, 1.165) is 24.0 Å². The van der Waals surface area contributed by atoms with Crippen LogP contribution in [0.2, 0.25) is 0 Å². The molecule has 0 unspecified atom stereocenters. The van der Waals surface area contributed by atoms with Gasteiger partial charge in [0.25, 0.3) is 0 Å². The molecule has 0 bridgehead atoms. The monoisotopic (exact) mass is 509 g/mol. The summed E-state index contributed by atoms with van der Waals surface area (Å²) in [5.41, 5.74) is 1.94. The first-order chi connectivity index (χ1) is 18.1. The summed E-state index contributed by atoms with van der Waals surface area (Å²) in [6, 6.07) is 18.3. The van der Waals surface area contributed by atoms with E-state index in [1.807, 2.05) is 67.6 Å². The quantitative estimate of drug-likeness (QED) is 0.151. The molecule has 0 spiro atoms. The van der Waals surface area contributed by atoms with Gasteiger partial charge in [-0.1, -0.05) is 132 Å². The number of carbonyl (C=O) groups is 2. The third-order valence-electron chi connectivity index (χ3n) is 6.61. The summed E-state index contributed by atoms with van der Waals surface area (Å²) in [7, 11) is 0. The Hall–Kier alpha value is -2.66. The Kier molecular flexibility index (Phi) is 16.1. The van der Waals surface area contributed by atoms with Crippen molar-refractivity contribution in [3.05, 3.63) is 71.8 Å². The SMILES string of the molecule is CCCCCCCCCCCC[C@@H](N[C@@H](Cc1ccccc1)C(=O)OCc1ccccc1)C(=O)OCC. The van der Waals surface area contributed by atoms with E-state index in [1.54, 1.807) is 0 Å². The van der Waals surface area contributed by atoms with Gasteiger partial charge in [0, 0.05) is 0 Å². The van der Waals surface area contributed by atoms with Crippen LogP contribution in [0.3, 0.4) is 0 Å². The predicted octanol–water partition coefficient (Wildman–Crippen LogP) is 7.17. The number of hydrogen-bond acceptors (Lipinski definition) is 5. The average molecular weight is 510 g/mol. The Balaban J connectivity index is 1.91. The fraction of sp³-hybridized carbons (Fsp3) is 0.562. The Morgan fingerprint density at radius 1 is 0.649 bits per heavy atom. The minimum absolute atomic E-state index is 0.204. The second-order valence-corrected chi connectivity index (χ2v) is 9.78. The maximum absolute atomic E-state index is 13.1. The molecule has 0 aliphatic carbocycles. The summed E-state index contributed by atoms with van der Waals surface area (Å²) in [6.45, 7) is 4.58. The van der Waals surface area contributed by atoms with Gasteiger partial charge in [0.15, 0.2) is 0 Å². The zero-order chi connectivity index (χ0) is 26.6. The molecule has 0 amide bonds. The van der Waals surface area contributed by atoms with Crippen LogP contribution in [0.5, 0.6) is 0 Å². The Labute approximate surface area is 224 Å². The van der Waals surface area contributed by atoms with E-state index >= 15 is 0 Å². The average Bonchev–Trinajstić information content (AvgIpc) is 2.92. The molecule has 0 fully saturated rings. The maximum atomic E-state index is 13.1. The first-order valence-electron chi connectivity index (χ1n) is 14.3. The molecule has 0 saturated heterocycles. The molecule has 2 rings (SSSR count). The molecule has 2 aromatic carbocycles. The number of nitrogens with one attached hydrogen (secondary N) is 1. The molecule has 0 aliphatic heterocycles. The topological polar surface area (TPSA) is 64.6 Å². The van der Waals surface area contributed by atoms with E-state index in [9.17, 15) is 9.59 Å². The molecule has 0 aliphatic rings. The first-order valence-corrected chi connectivity index (χ1v) is 14.3. The zero-order valence-electron chi connectivity index (χ0n) is 23.0. The standard InChI is InChI=1S/C32H47NO4/c1-3-5-6-7-8-9-10-11-12-19-24-29(31(34)36-4-2)33-30(25-27-20-15-13-16-21-27)32(35)37-26-28-22-17-14-18-23-28/h13-18,20-23,29-30,33H,3-12,19,24-26H2,1-2H3/t29-,30+/m1/s1. The van der Waals surface area contributed by atoms with Crippen molar-refractivity contribution in [3.63, 3.8) is 0 Å². The Morgan fingerprint density at radius 3 is 1.73 bits per heavy atom. The van der Waals surface area contributed by atoms with Crippen molar-refractivity contribution in [1.82, 2.24) is 5.32 Å². The smallest absolute Gasteiger partial charge is 0.323 e. The minimum Gasteiger partial charge on any atom is -0.465 e. The van der Waals surface area contributed by atoms with E-state index in [1.165, 1.54) is 51.4 Å². The first kappa shape index (κ1) is 30.6. The Bertz CT molecular complexity index is 856. The van der Waals surface area contributed by atoms with Gasteiger partial charge in [-0.25, -0.2) is 0 Å². The molecule has 0 saturated carbocycles. The second-order valence-electron chi connectivity index (χ2n) is 9.78. The van der Waals surface area contributed by atoms with Gasteiger partial charge in [-0.15, -0.1) is 0 Å². The fourth-order valence-electron chi connectivity index (χ4n) is 4.48. The summed E-state index contributed by atoms with van der Waals surface area (Å²) >= 11 is 0. The van der Waals surface area contributed by atoms with Crippen LogP contribution in [0.25, 0.3) is 0 Å². The number of hydrogen-bond donors (Lipinski definition) is 1. The normalized spacial score (nSPS) is 12.6. The van der Waals surface area contributed by atoms with E-state index in [0.29, 0.717) is 19.4 Å². The van der Waals surface area contributed by atoms with E-state index in [-0.39, 0.29) is 18.5 Å². The third kappa shape index (κ3) is 13.5. The number of benzene rings is 2. The minimum atomic E-state index is -0.636. The molecule has 0 radical (unpaired) electrons. The highest BCUT2D eigenvalue weighted by Gasteiger charge is 2.28. The number of esters is 2. The third-order valence-corrected chi connectivity index (χ3v) is 6.61. The van der Waals surface area contributed by atoms with Crippen LogP contribution in [0.15, 0.2) is 60.7 Å². The van der Waals surface area contributed by atoms with Crippen LogP contribution in [0, 0.1) is 0 Å². The lowest BCUT2D eigenvalue weighted by atomic mass is 10.0. The van der Waals surface area contributed by atoms with Crippen molar-refractivity contribution in [2.24, 2.45) is 0 Å². The van der Waals surface area contributed by atoms with Gasteiger partial charge in [0.05, 0.1) is 6.61 Å². The lowest BCUT2D eigenvalue weighted by Gasteiger charge is -2.24. The predicted molar refractivity (Wildman–Crippen MR) is 150 cm³/mol. The van der Waals surface area contributed by atoms with Gasteiger partial charge in [-0.2, -0.15) is 0 Å². The van der Waals surface area contributed by atoms with Gasteiger partial charge in [-0.05, 0) is 30.9 Å². The van der Waals surface area contributed by atoms with Crippen molar-refractivity contribution >= 4 is 11.9 Å². The molecule has 0 heterocycles. The van der Waals surface area contributed by atoms with E-state index < -0.39 is 12.1 Å². The lowest BCUT2D eigenvalue weighted by molar-refractivity contribution is -0.150. The van der Waals surface area contributed by atoms with Crippen LogP contribution in [0.4, 0.5) is 0 Å². The van der Waals surface area contributed by atoms with Crippen molar-refractivity contribution in [2.75, 3.05) is 6.61 Å². The highest BCUT2D eigenvalue weighted by molar-refractivity contribution is 5.80. The molecular formula is C32H47NO4. The lowest BCUT2D eigenvalue weighted by Crippen LogP contribution is -2.49. The van der Waals surface area contributed by atoms with Crippen LogP contribution < -0.4 is 5.32 Å². The van der Waals surface area contributed by atoms with Crippen molar-refractivity contribution in [3.8, 4) is 0 Å². The summed E-state index contributed by atoms with van der Waals surface area (Å²) in [5.74, 6) is -0.655. The summed E-state index contributed by atoms with van der Waals surface area (Å²) in [4.78, 5) is 25.9. The molecule has 37 heavy (non-hydrogen) atoms. The zero-order valence-corrected chi connectivity index (χ0v) is 23.0. The molecule has 0 aromatic heterocycles.